The van der Waals surface area contributed by atoms with Gasteiger partial charge in [0.2, 0.25) is 5.91 Å². The molecule has 1 heterocycles. The summed E-state index contributed by atoms with van der Waals surface area (Å²) in [7, 11) is 1.61. The molecule has 0 saturated carbocycles. The number of benzene rings is 2. The van der Waals surface area contributed by atoms with Gasteiger partial charge in [0.15, 0.2) is 11.5 Å². The summed E-state index contributed by atoms with van der Waals surface area (Å²) in [4.78, 5) is 13.6. The maximum Gasteiger partial charge on any atom is 0.222 e. The van der Waals surface area contributed by atoms with Crippen molar-refractivity contribution in [3.8, 4) is 11.5 Å². The zero-order valence-electron chi connectivity index (χ0n) is 16.5. The summed E-state index contributed by atoms with van der Waals surface area (Å²) in [6, 6.07) is 11.2. The average molecular weight is 437 g/mol. The molecule has 0 aliphatic carbocycles. The normalized spacial score (nSPS) is 13.8. The van der Waals surface area contributed by atoms with Crippen molar-refractivity contribution in [2.24, 2.45) is 0 Å². The van der Waals surface area contributed by atoms with Gasteiger partial charge in [-0.25, -0.2) is 0 Å². The highest BCUT2D eigenvalue weighted by molar-refractivity contribution is 6.31. The van der Waals surface area contributed by atoms with E-state index < -0.39 is 0 Å². The molecule has 0 bridgehead atoms. The summed E-state index contributed by atoms with van der Waals surface area (Å²) in [5.74, 6) is 1.51. The first-order valence-electron chi connectivity index (χ1n) is 9.79. The molecule has 3 rings (SSSR count). The zero-order chi connectivity index (χ0) is 20.6. The molecule has 29 heavy (non-hydrogen) atoms. The first-order valence-corrected chi connectivity index (χ1v) is 10.5. The SMILES string of the molecule is COc1cc(CNCCCN2CCCC2=O)c(Cl)cc1OCc1ccc(Cl)cc1. The van der Waals surface area contributed by atoms with Crippen LogP contribution in [-0.4, -0.2) is 37.6 Å². The van der Waals surface area contributed by atoms with E-state index in [1.807, 2.05) is 35.2 Å². The molecule has 1 aliphatic heterocycles. The first kappa shape index (κ1) is 21.8. The van der Waals surface area contributed by atoms with Crippen LogP contribution in [0.1, 0.15) is 30.4 Å². The lowest BCUT2D eigenvalue weighted by Crippen LogP contribution is -2.28. The molecule has 5 nitrogen and oxygen atoms in total. The maximum absolute atomic E-state index is 11.6. The van der Waals surface area contributed by atoms with Gasteiger partial charge in [-0.3, -0.25) is 4.79 Å². The van der Waals surface area contributed by atoms with Crippen LogP contribution in [0, 0.1) is 0 Å². The molecule has 2 aromatic rings. The molecule has 0 spiro atoms. The first-order chi connectivity index (χ1) is 14.1. The van der Waals surface area contributed by atoms with Crippen molar-refractivity contribution in [2.45, 2.75) is 32.4 Å². The monoisotopic (exact) mass is 436 g/mol. The summed E-state index contributed by atoms with van der Waals surface area (Å²) >= 11 is 12.4. The van der Waals surface area contributed by atoms with Gasteiger partial charge in [-0.2, -0.15) is 0 Å². The number of hydrogen-bond donors (Lipinski definition) is 1. The molecule has 156 valence electrons. The molecule has 0 aromatic heterocycles. The van der Waals surface area contributed by atoms with Crippen molar-refractivity contribution in [2.75, 3.05) is 26.7 Å². The average Bonchev–Trinajstić information content (AvgIpc) is 3.13. The predicted octanol–water partition coefficient (Wildman–Crippen LogP) is 4.68. The van der Waals surface area contributed by atoms with E-state index in [2.05, 4.69) is 5.32 Å². The van der Waals surface area contributed by atoms with Crippen molar-refractivity contribution in [3.05, 3.63) is 57.6 Å². The van der Waals surface area contributed by atoms with Crippen molar-refractivity contribution < 1.29 is 14.3 Å². The van der Waals surface area contributed by atoms with E-state index in [1.54, 1.807) is 13.2 Å². The van der Waals surface area contributed by atoms with Gasteiger partial charge in [-0.15, -0.1) is 0 Å². The summed E-state index contributed by atoms with van der Waals surface area (Å²) in [5, 5.41) is 4.70. The number of halogens is 2. The van der Waals surface area contributed by atoms with Crippen LogP contribution in [0.3, 0.4) is 0 Å². The van der Waals surface area contributed by atoms with Crippen LogP contribution in [0.25, 0.3) is 0 Å². The minimum absolute atomic E-state index is 0.270. The molecular formula is C22H26Cl2N2O3. The van der Waals surface area contributed by atoms with E-state index >= 15 is 0 Å². The maximum atomic E-state index is 11.6. The van der Waals surface area contributed by atoms with Crippen LogP contribution in [0.5, 0.6) is 11.5 Å². The summed E-state index contributed by atoms with van der Waals surface area (Å²) in [5.41, 5.74) is 1.95. The number of ether oxygens (including phenoxy) is 2. The number of hydrogen-bond acceptors (Lipinski definition) is 4. The van der Waals surface area contributed by atoms with Gasteiger partial charge in [0.1, 0.15) is 6.61 Å². The van der Waals surface area contributed by atoms with Gasteiger partial charge in [0.25, 0.3) is 0 Å². The number of likely N-dealkylation sites (tertiary alicyclic amines) is 1. The highest BCUT2D eigenvalue weighted by atomic mass is 35.5. The molecule has 7 heteroatoms. The number of nitrogens with zero attached hydrogens (tertiary/aromatic N) is 1. The predicted molar refractivity (Wildman–Crippen MR) is 116 cm³/mol. The molecular weight excluding hydrogens is 411 g/mol. The lowest BCUT2D eigenvalue weighted by Gasteiger charge is -2.16. The topological polar surface area (TPSA) is 50.8 Å². The molecule has 0 atom stereocenters. The van der Waals surface area contributed by atoms with E-state index in [0.29, 0.717) is 41.1 Å². The van der Waals surface area contributed by atoms with E-state index in [1.165, 1.54) is 0 Å². The summed E-state index contributed by atoms with van der Waals surface area (Å²) in [6.07, 6.45) is 2.59. The highest BCUT2D eigenvalue weighted by Gasteiger charge is 2.19. The Bertz CT molecular complexity index is 828. The van der Waals surface area contributed by atoms with Crippen molar-refractivity contribution >= 4 is 29.1 Å². The second-order valence-corrected chi connectivity index (χ2v) is 7.87. The Labute approximate surface area is 181 Å². The largest absolute Gasteiger partial charge is 0.493 e. The van der Waals surface area contributed by atoms with Crippen molar-refractivity contribution in [1.82, 2.24) is 10.2 Å². The Morgan fingerprint density at radius 1 is 1.14 bits per heavy atom. The van der Waals surface area contributed by atoms with Gasteiger partial charge >= 0.3 is 0 Å². The van der Waals surface area contributed by atoms with Gasteiger partial charge in [-0.05, 0) is 48.7 Å². The van der Waals surface area contributed by atoms with E-state index in [9.17, 15) is 4.79 Å². The molecule has 1 fully saturated rings. The second-order valence-electron chi connectivity index (χ2n) is 7.02. The fourth-order valence-corrected chi connectivity index (χ4v) is 3.63. The smallest absolute Gasteiger partial charge is 0.222 e. The van der Waals surface area contributed by atoms with Gasteiger partial charge < -0.3 is 19.7 Å². The van der Waals surface area contributed by atoms with Crippen LogP contribution >= 0.6 is 23.2 Å². The highest BCUT2D eigenvalue weighted by Crippen LogP contribution is 2.34. The Hall–Kier alpha value is -1.95. The number of rotatable bonds is 10. The Morgan fingerprint density at radius 2 is 1.93 bits per heavy atom. The van der Waals surface area contributed by atoms with E-state index in [0.717, 1.165) is 43.6 Å². The lowest BCUT2D eigenvalue weighted by molar-refractivity contribution is -0.127. The molecule has 0 unspecified atom stereocenters. The summed E-state index contributed by atoms with van der Waals surface area (Å²) in [6.45, 7) is 3.54. The molecule has 1 N–H and O–H groups in total. The minimum atomic E-state index is 0.270. The Morgan fingerprint density at radius 3 is 2.62 bits per heavy atom. The standard InChI is InChI=1S/C22H26Cl2N2O3/c1-28-20-12-17(14-25-9-3-11-26-10-2-4-22(26)27)19(24)13-21(20)29-15-16-5-7-18(23)8-6-16/h5-8,12-13,25H,2-4,9-11,14-15H2,1H3. The number of nitrogens with one attached hydrogen (secondary N) is 1. The van der Waals surface area contributed by atoms with Gasteiger partial charge in [0, 0.05) is 42.2 Å². The molecule has 1 amide bonds. The number of methoxy groups -OCH3 is 1. The van der Waals surface area contributed by atoms with Crippen LogP contribution in [0.2, 0.25) is 10.0 Å². The molecule has 1 saturated heterocycles. The fraction of sp³-hybridized carbons (Fsp3) is 0.409. The minimum Gasteiger partial charge on any atom is -0.493 e. The second kappa shape index (κ2) is 10.7. The van der Waals surface area contributed by atoms with Crippen LogP contribution in [0.15, 0.2) is 36.4 Å². The molecule has 1 aliphatic rings. The quantitative estimate of drug-likeness (QED) is 0.549. The van der Waals surface area contributed by atoms with Crippen LogP contribution in [0.4, 0.5) is 0 Å². The summed E-state index contributed by atoms with van der Waals surface area (Å²) < 4.78 is 11.4. The zero-order valence-corrected chi connectivity index (χ0v) is 18.1. The lowest BCUT2D eigenvalue weighted by atomic mass is 10.2. The van der Waals surface area contributed by atoms with Gasteiger partial charge in [-0.1, -0.05) is 35.3 Å². The Kier molecular flexibility index (Phi) is 8.04. The molecule has 0 radical (unpaired) electrons. The van der Waals surface area contributed by atoms with Gasteiger partial charge in [0.05, 0.1) is 7.11 Å². The van der Waals surface area contributed by atoms with Crippen LogP contribution in [-0.2, 0) is 17.9 Å². The van der Waals surface area contributed by atoms with Crippen molar-refractivity contribution in [3.63, 3.8) is 0 Å². The van der Waals surface area contributed by atoms with E-state index in [4.69, 9.17) is 32.7 Å². The number of carbonyl (C=O) groups excluding carboxylic acids is 1. The number of amides is 1. The van der Waals surface area contributed by atoms with Crippen LogP contribution < -0.4 is 14.8 Å². The van der Waals surface area contributed by atoms with Crippen molar-refractivity contribution in [1.29, 1.82) is 0 Å². The molecule has 2 aromatic carbocycles. The fourth-order valence-electron chi connectivity index (χ4n) is 3.29. The Balaban J connectivity index is 1.50. The number of carbonyl (C=O) groups is 1. The third kappa shape index (κ3) is 6.26. The third-order valence-electron chi connectivity index (χ3n) is 4.91. The third-order valence-corrected chi connectivity index (χ3v) is 5.51. The van der Waals surface area contributed by atoms with E-state index in [-0.39, 0.29) is 5.91 Å².